The Morgan fingerprint density at radius 2 is 2.30 bits per heavy atom. The van der Waals surface area contributed by atoms with Crippen LogP contribution in [-0.4, -0.2) is 26.4 Å². The molecule has 0 saturated carbocycles. The number of aliphatic hydroxyl groups excluding tert-OH is 1. The maximum absolute atomic E-state index is 10.9. The van der Waals surface area contributed by atoms with Crippen molar-refractivity contribution in [1.29, 1.82) is 0 Å². The van der Waals surface area contributed by atoms with Crippen molar-refractivity contribution in [2.75, 3.05) is 11.9 Å². The fourth-order valence-electron chi connectivity index (χ4n) is 1.88. The topological polar surface area (TPSA) is 93.2 Å². The van der Waals surface area contributed by atoms with Gasteiger partial charge in [-0.25, -0.2) is 0 Å². The van der Waals surface area contributed by atoms with Crippen LogP contribution in [0.5, 0.6) is 0 Å². The highest BCUT2D eigenvalue weighted by Crippen LogP contribution is 2.25. The van der Waals surface area contributed by atoms with E-state index in [1.54, 1.807) is 23.0 Å². The molecule has 0 bridgehead atoms. The molecule has 1 heterocycles. The molecular formula is C13H16N4O3. The predicted molar refractivity (Wildman–Crippen MR) is 74.5 cm³/mol. The lowest BCUT2D eigenvalue weighted by Crippen LogP contribution is -2.12. The third kappa shape index (κ3) is 3.33. The normalized spacial score (nSPS) is 10.5. The Kier molecular flexibility index (Phi) is 4.31. The zero-order valence-corrected chi connectivity index (χ0v) is 11.1. The van der Waals surface area contributed by atoms with Crippen molar-refractivity contribution < 1.29 is 10.0 Å². The number of benzene rings is 1. The number of anilines is 1. The van der Waals surface area contributed by atoms with Crippen molar-refractivity contribution in [3.05, 3.63) is 51.8 Å². The molecule has 20 heavy (non-hydrogen) atoms. The number of nitrogens with zero attached hydrogens (tertiary/aromatic N) is 3. The molecule has 0 saturated heterocycles. The van der Waals surface area contributed by atoms with E-state index >= 15 is 0 Å². The van der Waals surface area contributed by atoms with Crippen LogP contribution in [0.15, 0.2) is 30.6 Å². The van der Waals surface area contributed by atoms with Gasteiger partial charge in [0.15, 0.2) is 0 Å². The molecule has 1 aromatic heterocycles. The molecule has 0 atom stereocenters. The maximum Gasteiger partial charge on any atom is 0.292 e. The largest absolute Gasteiger partial charge is 0.392 e. The van der Waals surface area contributed by atoms with Crippen molar-refractivity contribution >= 4 is 11.4 Å². The Bertz CT molecular complexity index is 609. The van der Waals surface area contributed by atoms with E-state index in [1.165, 1.54) is 6.07 Å². The summed E-state index contributed by atoms with van der Waals surface area (Å²) in [5, 5.41) is 27.2. The van der Waals surface area contributed by atoms with Crippen LogP contribution < -0.4 is 5.32 Å². The second kappa shape index (κ2) is 6.16. The number of aryl methyl sites for hydroxylation is 1. The summed E-state index contributed by atoms with van der Waals surface area (Å²) in [4.78, 5) is 10.5. The second-order valence-corrected chi connectivity index (χ2v) is 4.47. The molecule has 0 unspecified atom stereocenters. The van der Waals surface area contributed by atoms with E-state index < -0.39 is 4.92 Å². The molecule has 0 amide bonds. The molecule has 0 aliphatic heterocycles. The lowest BCUT2D eigenvalue weighted by molar-refractivity contribution is -0.384. The van der Waals surface area contributed by atoms with E-state index in [4.69, 9.17) is 5.11 Å². The molecule has 1 aromatic carbocycles. The van der Waals surface area contributed by atoms with E-state index in [1.807, 2.05) is 13.1 Å². The van der Waals surface area contributed by atoms with Gasteiger partial charge in [-0.15, -0.1) is 0 Å². The fraction of sp³-hybridized carbons (Fsp3) is 0.308. The summed E-state index contributed by atoms with van der Waals surface area (Å²) in [5.41, 5.74) is 2.11. The summed E-state index contributed by atoms with van der Waals surface area (Å²) < 4.78 is 1.77. The Balaban J connectivity index is 2.05. The molecule has 2 N–H and O–H groups in total. The summed E-state index contributed by atoms with van der Waals surface area (Å²) in [6, 6.07) is 4.53. The number of hydrogen-bond donors (Lipinski definition) is 2. The second-order valence-electron chi connectivity index (χ2n) is 4.47. The van der Waals surface area contributed by atoms with Crippen molar-refractivity contribution in [3.8, 4) is 0 Å². The minimum atomic E-state index is -0.443. The molecule has 0 aliphatic rings. The van der Waals surface area contributed by atoms with Gasteiger partial charge in [0.2, 0.25) is 0 Å². The predicted octanol–water partition coefficient (Wildman–Crippen LogP) is 1.70. The standard InChI is InChI=1S/C13H16N4O3/c1-10-7-15-16(8-10)5-4-14-12-6-11(9-18)2-3-13(12)17(19)20/h2-3,6-8,14,18H,4-5,9H2,1H3. The average Bonchev–Trinajstić information content (AvgIpc) is 2.84. The monoisotopic (exact) mass is 276 g/mol. The first-order chi connectivity index (χ1) is 9.60. The van der Waals surface area contributed by atoms with Gasteiger partial charge in [0, 0.05) is 18.8 Å². The first-order valence-electron chi connectivity index (χ1n) is 6.21. The summed E-state index contributed by atoms with van der Waals surface area (Å²) >= 11 is 0. The Morgan fingerprint density at radius 3 is 2.90 bits per heavy atom. The van der Waals surface area contributed by atoms with Crippen LogP contribution in [0.1, 0.15) is 11.1 Å². The molecular weight excluding hydrogens is 260 g/mol. The average molecular weight is 276 g/mol. The highest BCUT2D eigenvalue weighted by Gasteiger charge is 2.13. The number of aliphatic hydroxyl groups is 1. The molecule has 7 heteroatoms. The van der Waals surface area contributed by atoms with E-state index in [9.17, 15) is 10.1 Å². The van der Waals surface area contributed by atoms with Gasteiger partial charge in [-0.2, -0.15) is 5.10 Å². The Morgan fingerprint density at radius 1 is 1.50 bits per heavy atom. The molecule has 0 fully saturated rings. The fourth-order valence-corrected chi connectivity index (χ4v) is 1.88. The molecule has 0 radical (unpaired) electrons. The van der Waals surface area contributed by atoms with E-state index in [0.29, 0.717) is 24.3 Å². The minimum absolute atomic E-state index is 0.00107. The minimum Gasteiger partial charge on any atom is -0.392 e. The quantitative estimate of drug-likeness (QED) is 0.618. The van der Waals surface area contributed by atoms with Gasteiger partial charge in [-0.05, 0) is 30.2 Å². The summed E-state index contributed by atoms with van der Waals surface area (Å²) in [5.74, 6) is 0. The van der Waals surface area contributed by atoms with Gasteiger partial charge in [-0.1, -0.05) is 0 Å². The Labute approximate surface area is 116 Å². The number of aromatic nitrogens is 2. The van der Waals surface area contributed by atoms with Crippen LogP contribution in [-0.2, 0) is 13.2 Å². The summed E-state index contributed by atoms with van der Waals surface area (Å²) in [6.45, 7) is 2.92. The highest BCUT2D eigenvalue weighted by molar-refractivity contribution is 5.62. The highest BCUT2D eigenvalue weighted by atomic mass is 16.6. The summed E-state index contributed by atoms with van der Waals surface area (Å²) in [6.07, 6.45) is 3.66. The molecule has 0 spiro atoms. The Hall–Kier alpha value is -2.41. The van der Waals surface area contributed by atoms with E-state index in [0.717, 1.165) is 5.56 Å². The van der Waals surface area contributed by atoms with Crippen LogP contribution in [0.25, 0.3) is 0 Å². The van der Waals surface area contributed by atoms with E-state index in [-0.39, 0.29) is 12.3 Å². The molecule has 2 aromatic rings. The van der Waals surface area contributed by atoms with Gasteiger partial charge >= 0.3 is 0 Å². The van der Waals surface area contributed by atoms with Crippen molar-refractivity contribution in [2.45, 2.75) is 20.1 Å². The van der Waals surface area contributed by atoms with Crippen molar-refractivity contribution in [3.63, 3.8) is 0 Å². The molecule has 106 valence electrons. The first-order valence-corrected chi connectivity index (χ1v) is 6.21. The van der Waals surface area contributed by atoms with Crippen LogP contribution in [0, 0.1) is 17.0 Å². The van der Waals surface area contributed by atoms with Gasteiger partial charge in [0.25, 0.3) is 5.69 Å². The third-order valence-corrected chi connectivity index (χ3v) is 2.86. The molecule has 7 nitrogen and oxygen atoms in total. The van der Waals surface area contributed by atoms with Crippen molar-refractivity contribution in [1.82, 2.24) is 9.78 Å². The van der Waals surface area contributed by atoms with Gasteiger partial charge in [0.1, 0.15) is 5.69 Å². The van der Waals surface area contributed by atoms with Crippen molar-refractivity contribution in [2.24, 2.45) is 0 Å². The van der Waals surface area contributed by atoms with Crippen LogP contribution in [0.4, 0.5) is 11.4 Å². The zero-order valence-electron chi connectivity index (χ0n) is 11.1. The number of hydrogen-bond acceptors (Lipinski definition) is 5. The third-order valence-electron chi connectivity index (χ3n) is 2.86. The number of nitro benzene ring substituents is 1. The smallest absolute Gasteiger partial charge is 0.292 e. The van der Waals surface area contributed by atoms with Crippen LogP contribution in [0.3, 0.4) is 0 Å². The van der Waals surface area contributed by atoms with Gasteiger partial charge in [0.05, 0.1) is 24.3 Å². The molecule has 0 aliphatic carbocycles. The number of nitrogens with one attached hydrogen (secondary N) is 1. The van der Waals surface area contributed by atoms with Crippen LogP contribution >= 0.6 is 0 Å². The first kappa shape index (κ1) is 14.0. The summed E-state index contributed by atoms with van der Waals surface area (Å²) in [7, 11) is 0. The maximum atomic E-state index is 10.9. The van der Waals surface area contributed by atoms with Crippen LogP contribution in [0.2, 0.25) is 0 Å². The molecule has 2 rings (SSSR count). The number of rotatable bonds is 6. The lowest BCUT2D eigenvalue weighted by atomic mass is 10.2. The zero-order chi connectivity index (χ0) is 14.5. The SMILES string of the molecule is Cc1cnn(CCNc2cc(CO)ccc2[N+](=O)[O-])c1. The van der Waals surface area contributed by atoms with E-state index in [2.05, 4.69) is 10.4 Å². The number of nitro groups is 1. The van der Waals surface area contributed by atoms with Gasteiger partial charge in [-0.3, -0.25) is 14.8 Å². The lowest BCUT2D eigenvalue weighted by Gasteiger charge is -2.08. The van der Waals surface area contributed by atoms with Gasteiger partial charge < -0.3 is 10.4 Å².